The summed E-state index contributed by atoms with van der Waals surface area (Å²) in [6.45, 7) is 9.50. The van der Waals surface area contributed by atoms with Gasteiger partial charge < -0.3 is 0 Å². The Morgan fingerprint density at radius 3 is 1.98 bits per heavy atom. The molecule has 4 aromatic rings. The summed E-state index contributed by atoms with van der Waals surface area (Å²) in [6, 6.07) is 36.3. The van der Waals surface area contributed by atoms with Gasteiger partial charge in [-0.05, 0) is 0 Å². The Bertz CT molecular complexity index is 1690. The van der Waals surface area contributed by atoms with Crippen molar-refractivity contribution >= 4 is 49.4 Å². The van der Waals surface area contributed by atoms with Crippen molar-refractivity contribution in [1.29, 1.82) is 0 Å². The Hall–Kier alpha value is -1.96. The Morgan fingerprint density at radius 2 is 1.25 bits per heavy atom. The van der Waals surface area contributed by atoms with Crippen molar-refractivity contribution in [1.82, 2.24) is 0 Å². The molecule has 0 spiro atoms. The van der Waals surface area contributed by atoms with Gasteiger partial charge in [0, 0.05) is 0 Å². The van der Waals surface area contributed by atoms with Crippen molar-refractivity contribution in [3.05, 3.63) is 136 Å². The Kier molecular flexibility index (Phi) is 8.81. The number of fused-ring (bicyclic) bond motifs is 2. The smallest absolute Gasteiger partial charge is 0.147 e. The van der Waals surface area contributed by atoms with Crippen LogP contribution in [0.3, 0.4) is 0 Å². The van der Waals surface area contributed by atoms with Gasteiger partial charge in [0.15, 0.2) is 0 Å². The van der Waals surface area contributed by atoms with Crippen LogP contribution in [-0.4, -0.2) is 6.88 Å². The van der Waals surface area contributed by atoms with Crippen LogP contribution < -0.4 is 0 Å². The molecular weight excluding hydrogens is 623 g/mol. The van der Waals surface area contributed by atoms with Crippen LogP contribution in [0.1, 0.15) is 67.3 Å². The fraction of sp³-hybridized carbons (Fsp3) is 0.222. The molecule has 0 amide bonds. The van der Waals surface area contributed by atoms with Crippen LogP contribution >= 0.6 is 24.8 Å². The summed E-state index contributed by atoms with van der Waals surface area (Å²) in [5.74, 6) is 0.493. The molecule has 0 heterocycles. The summed E-state index contributed by atoms with van der Waals surface area (Å²) in [7, 11) is 0. The van der Waals surface area contributed by atoms with E-state index in [2.05, 4.69) is 146 Å². The van der Waals surface area contributed by atoms with E-state index in [1.807, 2.05) is 0 Å². The summed E-state index contributed by atoms with van der Waals surface area (Å²) in [5, 5.41) is 0. The quantitative estimate of drug-likeness (QED) is 0.187. The van der Waals surface area contributed by atoms with E-state index in [0.717, 1.165) is 0 Å². The summed E-state index contributed by atoms with van der Waals surface area (Å²) >= 11 is -3.64. The molecule has 2 aliphatic carbocycles. The van der Waals surface area contributed by atoms with E-state index in [4.69, 9.17) is 0 Å². The molecule has 0 bridgehead atoms. The molecule has 2 aliphatic rings. The van der Waals surface area contributed by atoms with Gasteiger partial charge in [-0.2, -0.15) is 0 Å². The number of allylic oxidation sites excluding steroid dienone is 2. The molecule has 40 heavy (non-hydrogen) atoms. The Morgan fingerprint density at radius 1 is 0.650 bits per heavy atom. The number of halogens is 2. The maximum Gasteiger partial charge on any atom is -0.147 e. The van der Waals surface area contributed by atoms with E-state index in [9.17, 15) is 0 Å². The molecule has 0 radical (unpaired) electrons. The van der Waals surface area contributed by atoms with Crippen molar-refractivity contribution < 1.29 is 17.4 Å². The minimum absolute atomic E-state index is 0. The first-order valence-electron chi connectivity index (χ1n) is 14.0. The number of hydrogen-bond donors (Lipinski definition) is 0. The topological polar surface area (TPSA) is 0 Å². The molecule has 4 aromatic carbocycles. The molecule has 6 rings (SSSR count). The third kappa shape index (κ3) is 5.00. The monoisotopic (exact) mass is 660 g/mol. The molecule has 4 heteroatoms. The largest absolute Gasteiger partial charge is 0.147 e. The van der Waals surface area contributed by atoms with Gasteiger partial charge in [0.1, 0.15) is 0 Å². The van der Waals surface area contributed by atoms with Crippen LogP contribution in [0.5, 0.6) is 0 Å². The fourth-order valence-corrected chi connectivity index (χ4v) is 27.6. The van der Waals surface area contributed by atoms with Gasteiger partial charge in [-0.1, -0.05) is 0 Å². The van der Waals surface area contributed by atoms with Crippen molar-refractivity contribution in [3.8, 4) is 11.1 Å². The number of benzene rings is 4. The number of rotatable bonds is 5. The normalized spacial score (nSPS) is 17.8. The molecule has 206 valence electrons. The first kappa shape index (κ1) is 31.0. The summed E-state index contributed by atoms with van der Waals surface area (Å²) in [5.41, 5.74) is 14.7. The van der Waals surface area contributed by atoms with Crippen LogP contribution in [0.2, 0.25) is 9.26 Å². The second kappa shape index (κ2) is 11.4. The third-order valence-corrected chi connectivity index (χ3v) is 26.6. The maximum atomic E-state index is 2.74. The zero-order valence-corrected chi connectivity index (χ0v) is 29.7. The van der Waals surface area contributed by atoms with Gasteiger partial charge in [-0.15, -0.1) is 24.8 Å². The zero-order chi connectivity index (χ0) is 26.7. The van der Waals surface area contributed by atoms with Crippen LogP contribution in [-0.2, 0) is 17.4 Å². The molecule has 0 N–H and O–H groups in total. The van der Waals surface area contributed by atoms with E-state index in [0.29, 0.717) is 13.2 Å². The van der Waals surface area contributed by atoms with Crippen molar-refractivity contribution in [3.63, 3.8) is 0 Å². The standard InChI is InChI=1S/C18H17.C16H13.2CH3.2ClH.H2Si.Zr/c1-13(2)17-9-5-6-10-18(17)16-11-14-7-3-4-8-15(14)12-16;1-12-10-14-8-5-9-15(16(14)11-12)13-6-3-2-4-7-13;;;;;;/h3-13H,1-2H3;2-11H,1H3;2*1H3;2*1H;1H2;. The van der Waals surface area contributed by atoms with Gasteiger partial charge in [0.2, 0.25) is 0 Å². The van der Waals surface area contributed by atoms with Crippen molar-refractivity contribution in [2.75, 3.05) is 0 Å². The second-order valence-electron chi connectivity index (χ2n) is 12.8. The predicted octanol–water partition coefficient (Wildman–Crippen LogP) is 10.4. The molecule has 0 nitrogen and oxygen atoms in total. The van der Waals surface area contributed by atoms with E-state index >= 15 is 0 Å². The first-order chi connectivity index (χ1) is 18.2. The molecule has 2 atom stereocenters. The van der Waals surface area contributed by atoms with Crippen molar-refractivity contribution in [2.24, 2.45) is 0 Å². The molecule has 0 saturated carbocycles. The SMILES string of the molecule is CC1=Cc2c(-c3ccccc3)cccc2[CH]1[Zr]([CH3])([CH3])(=[SiH2])[CH]1C(c2ccccc2C(C)C)=Cc2ccccc21.Cl.Cl. The van der Waals surface area contributed by atoms with Crippen LogP contribution in [0.15, 0.2) is 103 Å². The van der Waals surface area contributed by atoms with Crippen LogP contribution in [0.25, 0.3) is 28.9 Å². The molecule has 0 aromatic heterocycles. The maximum absolute atomic E-state index is 3.64. The summed E-state index contributed by atoms with van der Waals surface area (Å²) in [6.07, 6.45) is 5.05. The van der Waals surface area contributed by atoms with E-state index in [1.165, 1.54) is 33.4 Å². The molecule has 0 aliphatic heterocycles. The fourth-order valence-electron chi connectivity index (χ4n) is 7.69. The number of hydrogen-bond acceptors (Lipinski definition) is 0. The van der Waals surface area contributed by atoms with Gasteiger partial charge in [-0.3, -0.25) is 0 Å². The second-order valence-corrected chi connectivity index (χ2v) is 43.3. The van der Waals surface area contributed by atoms with Crippen molar-refractivity contribution in [2.45, 2.75) is 43.2 Å². The average molecular weight is 663 g/mol. The molecule has 0 saturated heterocycles. The van der Waals surface area contributed by atoms with E-state index < -0.39 is 17.4 Å². The van der Waals surface area contributed by atoms with E-state index in [1.54, 1.807) is 22.3 Å². The van der Waals surface area contributed by atoms with Gasteiger partial charge in [0.05, 0.1) is 0 Å². The molecule has 2 unspecified atom stereocenters. The Balaban J connectivity index is 0.00000185. The minimum Gasteiger partial charge on any atom is -0.147 e. The van der Waals surface area contributed by atoms with Gasteiger partial charge in [-0.25, -0.2) is 0 Å². The molecular formula is C36H40Cl2SiZr. The molecule has 0 fully saturated rings. The average Bonchev–Trinajstić information content (AvgIpc) is 3.47. The van der Waals surface area contributed by atoms with E-state index in [-0.39, 0.29) is 24.8 Å². The third-order valence-electron chi connectivity index (χ3n) is 9.08. The van der Waals surface area contributed by atoms with Crippen LogP contribution in [0, 0.1) is 0 Å². The Labute approximate surface area is 255 Å². The van der Waals surface area contributed by atoms with Gasteiger partial charge >= 0.3 is 232 Å². The summed E-state index contributed by atoms with van der Waals surface area (Å²) < 4.78 is 6.47. The van der Waals surface area contributed by atoms with Crippen LogP contribution in [0.4, 0.5) is 0 Å². The predicted molar refractivity (Wildman–Crippen MR) is 181 cm³/mol. The zero-order valence-electron chi connectivity index (χ0n) is 24.1. The summed E-state index contributed by atoms with van der Waals surface area (Å²) in [4.78, 5) is 0. The minimum atomic E-state index is -3.64. The first-order valence-corrected chi connectivity index (χ1v) is 27.7. The van der Waals surface area contributed by atoms with Gasteiger partial charge in [0.25, 0.3) is 0 Å².